The first kappa shape index (κ1) is 18.1. The molecule has 1 heterocycles. The molecule has 0 saturated carbocycles. The topological polar surface area (TPSA) is 79.3 Å². The number of amides is 1. The molecule has 1 atom stereocenters. The molecule has 5 nitrogen and oxygen atoms in total. The molecule has 0 fully saturated rings. The first-order valence-electron chi connectivity index (χ1n) is 7.92. The van der Waals surface area contributed by atoms with E-state index < -0.39 is 11.5 Å². The fourth-order valence-electron chi connectivity index (χ4n) is 2.54. The summed E-state index contributed by atoms with van der Waals surface area (Å²) >= 11 is 1.32. The third-order valence-electron chi connectivity index (χ3n) is 3.86. The molecule has 0 aliphatic rings. The summed E-state index contributed by atoms with van der Waals surface area (Å²) in [6.45, 7) is 5.21. The summed E-state index contributed by atoms with van der Waals surface area (Å²) in [4.78, 5) is 28.9. The molecule has 0 bridgehead atoms. The third-order valence-corrected chi connectivity index (χ3v) is 5.01. The highest BCUT2D eigenvalue weighted by atomic mass is 32.1. The maximum absolute atomic E-state index is 12.5. The van der Waals surface area contributed by atoms with Gasteiger partial charge >= 0.3 is 5.97 Å². The number of nitrogens with one attached hydrogen (secondary N) is 1. The monoisotopic (exact) mass is 346 g/mol. The molecule has 1 aromatic carbocycles. The minimum atomic E-state index is -1.26. The molecule has 0 radical (unpaired) electrons. The Bertz CT molecular complexity index is 727. The van der Waals surface area contributed by atoms with Crippen molar-refractivity contribution in [2.24, 2.45) is 0 Å². The maximum atomic E-state index is 12.5. The van der Waals surface area contributed by atoms with E-state index in [4.69, 9.17) is 0 Å². The van der Waals surface area contributed by atoms with E-state index >= 15 is 0 Å². The summed E-state index contributed by atoms with van der Waals surface area (Å²) in [7, 11) is 0. The number of benzene rings is 1. The van der Waals surface area contributed by atoms with Crippen molar-refractivity contribution in [2.45, 2.75) is 45.6 Å². The Morgan fingerprint density at radius 3 is 2.54 bits per heavy atom. The molecule has 0 aliphatic carbocycles. The normalized spacial score (nSPS) is 13.3. The van der Waals surface area contributed by atoms with Gasteiger partial charge in [-0.2, -0.15) is 0 Å². The number of aromatic nitrogens is 1. The number of thiazole rings is 1. The molecule has 2 N–H and O–H groups in total. The fourth-order valence-corrected chi connectivity index (χ4v) is 3.53. The third kappa shape index (κ3) is 4.20. The van der Waals surface area contributed by atoms with Crippen LogP contribution in [0, 0.1) is 6.92 Å². The van der Waals surface area contributed by atoms with Gasteiger partial charge in [0.1, 0.15) is 10.4 Å². The van der Waals surface area contributed by atoms with Gasteiger partial charge in [-0.15, -0.1) is 11.3 Å². The smallest absolute Gasteiger partial charge is 0.329 e. The summed E-state index contributed by atoms with van der Waals surface area (Å²) in [5, 5.41) is 12.9. The van der Waals surface area contributed by atoms with Crippen LogP contribution in [-0.2, 0) is 11.2 Å². The number of aryl methyl sites for hydroxylation is 1. The van der Waals surface area contributed by atoms with Crippen molar-refractivity contribution in [1.82, 2.24) is 10.3 Å². The first-order chi connectivity index (χ1) is 11.4. The minimum absolute atomic E-state index is 0.373. The van der Waals surface area contributed by atoms with Gasteiger partial charge in [0.25, 0.3) is 5.91 Å². The second-order valence-electron chi connectivity index (χ2n) is 6.03. The molecule has 6 heteroatoms. The molecule has 1 aromatic heterocycles. The summed E-state index contributed by atoms with van der Waals surface area (Å²) in [5.74, 6) is -1.40. The zero-order valence-corrected chi connectivity index (χ0v) is 14.9. The van der Waals surface area contributed by atoms with Crippen molar-refractivity contribution in [1.29, 1.82) is 0 Å². The van der Waals surface area contributed by atoms with Crippen molar-refractivity contribution in [3.05, 3.63) is 51.5 Å². The van der Waals surface area contributed by atoms with Crippen LogP contribution in [0.15, 0.2) is 30.3 Å². The molecule has 0 spiro atoms. The van der Waals surface area contributed by atoms with Gasteiger partial charge in [-0.1, -0.05) is 43.7 Å². The van der Waals surface area contributed by atoms with Gasteiger partial charge in [-0.25, -0.2) is 9.78 Å². The Morgan fingerprint density at radius 1 is 1.29 bits per heavy atom. The van der Waals surface area contributed by atoms with E-state index in [1.165, 1.54) is 18.3 Å². The molecule has 2 aromatic rings. The first-order valence-corrected chi connectivity index (χ1v) is 8.73. The molecule has 24 heavy (non-hydrogen) atoms. The average Bonchev–Trinajstić information content (AvgIpc) is 2.89. The Hall–Kier alpha value is -2.21. The number of carboxylic acids is 1. The van der Waals surface area contributed by atoms with E-state index in [2.05, 4.69) is 10.3 Å². The molecule has 1 unspecified atom stereocenters. The zero-order valence-electron chi connectivity index (χ0n) is 14.1. The Labute approximate surface area is 145 Å². The Kier molecular flexibility index (Phi) is 5.72. The van der Waals surface area contributed by atoms with E-state index in [9.17, 15) is 14.7 Å². The molecule has 128 valence electrons. The standard InChI is InChI=1S/C18H22N2O3S/c1-4-10-18(3,17(22)23)20-16(21)15-12(2)19-14(24-15)11-13-8-6-5-7-9-13/h5-9H,4,10-11H2,1-3H3,(H,20,21)(H,22,23). The van der Waals surface area contributed by atoms with E-state index in [0.29, 0.717) is 29.8 Å². The van der Waals surface area contributed by atoms with Gasteiger partial charge in [0.2, 0.25) is 0 Å². The van der Waals surface area contributed by atoms with Gasteiger partial charge in [0.05, 0.1) is 10.7 Å². The van der Waals surface area contributed by atoms with Crippen LogP contribution in [-0.4, -0.2) is 27.5 Å². The summed E-state index contributed by atoms with van der Waals surface area (Å²) in [5.41, 5.74) is 0.495. The molecule has 0 saturated heterocycles. The maximum Gasteiger partial charge on any atom is 0.329 e. The fraction of sp³-hybridized carbons (Fsp3) is 0.389. The molecular formula is C18H22N2O3S. The quantitative estimate of drug-likeness (QED) is 0.805. The lowest BCUT2D eigenvalue weighted by Gasteiger charge is -2.25. The van der Waals surface area contributed by atoms with E-state index in [1.807, 2.05) is 37.3 Å². The number of aliphatic carboxylic acids is 1. The summed E-state index contributed by atoms with van der Waals surface area (Å²) in [6.07, 6.45) is 1.71. The van der Waals surface area contributed by atoms with E-state index in [-0.39, 0.29) is 5.91 Å². The van der Waals surface area contributed by atoms with Crippen LogP contribution in [0.3, 0.4) is 0 Å². The average molecular weight is 346 g/mol. The minimum Gasteiger partial charge on any atom is -0.480 e. The predicted octanol–water partition coefficient (Wildman–Crippen LogP) is 3.42. The summed E-state index contributed by atoms with van der Waals surface area (Å²) < 4.78 is 0. The van der Waals surface area contributed by atoms with E-state index in [1.54, 1.807) is 6.92 Å². The van der Waals surface area contributed by atoms with E-state index in [0.717, 1.165) is 10.6 Å². The van der Waals surface area contributed by atoms with Crippen LogP contribution in [0.25, 0.3) is 0 Å². The SMILES string of the molecule is CCCC(C)(NC(=O)c1sc(Cc2ccccc2)nc1C)C(=O)O. The number of carbonyl (C=O) groups excluding carboxylic acids is 1. The lowest BCUT2D eigenvalue weighted by Crippen LogP contribution is -2.52. The number of hydrogen-bond acceptors (Lipinski definition) is 4. The van der Waals surface area contributed by atoms with Crippen molar-refractivity contribution in [2.75, 3.05) is 0 Å². The molecule has 2 rings (SSSR count). The van der Waals surface area contributed by atoms with Crippen LogP contribution >= 0.6 is 11.3 Å². The second-order valence-corrected chi connectivity index (χ2v) is 7.11. The van der Waals surface area contributed by atoms with Crippen molar-refractivity contribution in [3.63, 3.8) is 0 Å². The van der Waals surface area contributed by atoms with Crippen LogP contribution in [0.1, 0.15) is 52.6 Å². The van der Waals surface area contributed by atoms with Crippen LogP contribution in [0.5, 0.6) is 0 Å². The number of nitrogens with zero attached hydrogens (tertiary/aromatic N) is 1. The van der Waals surface area contributed by atoms with Crippen LogP contribution < -0.4 is 5.32 Å². The van der Waals surface area contributed by atoms with Crippen LogP contribution in [0.2, 0.25) is 0 Å². The highest BCUT2D eigenvalue weighted by Gasteiger charge is 2.35. The van der Waals surface area contributed by atoms with Gasteiger partial charge in [0.15, 0.2) is 0 Å². The van der Waals surface area contributed by atoms with Crippen molar-refractivity contribution < 1.29 is 14.7 Å². The van der Waals surface area contributed by atoms with Gasteiger partial charge in [-0.05, 0) is 25.8 Å². The Balaban J connectivity index is 2.17. The van der Waals surface area contributed by atoms with Crippen molar-refractivity contribution in [3.8, 4) is 0 Å². The number of rotatable bonds is 7. The zero-order chi connectivity index (χ0) is 17.7. The van der Waals surface area contributed by atoms with Gasteiger partial charge < -0.3 is 10.4 Å². The molecule has 1 amide bonds. The second kappa shape index (κ2) is 7.57. The lowest BCUT2D eigenvalue weighted by molar-refractivity contribution is -0.144. The van der Waals surface area contributed by atoms with Crippen LogP contribution in [0.4, 0.5) is 0 Å². The Morgan fingerprint density at radius 2 is 1.96 bits per heavy atom. The number of carbonyl (C=O) groups is 2. The summed E-state index contributed by atoms with van der Waals surface area (Å²) in [6, 6.07) is 9.91. The number of carboxylic acid groups (broad SMARTS) is 1. The number of hydrogen-bond donors (Lipinski definition) is 2. The van der Waals surface area contributed by atoms with Gasteiger partial charge in [0, 0.05) is 6.42 Å². The largest absolute Gasteiger partial charge is 0.480 e. The predicted molar refractivity (Wildman–Crippen MR) is 94.5 cm³/mol. The van der Waals surface area contributed by atoms with Crippen molar-refractivity contribution >= 4 is 23.2 Å². The molecule has 0 aliphatic heterocycles. The lowest BCUT2D eigenvalue weighted by atomic mass is 9.96. The van der Waals surface area contributed by atoms with Gasteiger partial charge in [-0.3, -0.25) is 4.79 Å². The highest BCUT2D eigenvalue weighted by Crippen LogP contribution is 2.22. The molecular weight excluding hydrogens is 324 g/mol. The highest BCUT2D eigenvalue weighted by molar-refractivity contribution is 7.13.